The van der Waals surface area contributed by atoms with Gasteiger partial charge in [-0.15, -0.1) is 0 Å². The zero-order chi connectivity index (χ0) is 9.56. The van der Waals surface area contributed by atoms with Gasteiger partial charge in [0.05, 0.1) is 0 Å². The smallest absolute Gasteiger partial charge is 0.429 e. The van der Waals surface area contributed by atoms with E-state index < -0.39 is 0 Å². The molecule has 0 saturated carbocycles. The maximum atomic E-state index is 7.00. The highest BCUT2D eigenvalue weighted by atomic mass is 35.5. The summed E-state index contributed by atoms with van der Waals surface area (Å²) in [5.74, 6) is 0. The third kappa shape index (κ3) is 4.62. The Balaban J connectivity index is 0.000000354. The molecule has 0 heterocycles. The zero-order valence-corrected chi connectivity index (χ0v) is 7.97. The van der Waals surface area contributed by atoms with Crippen molar-refractivity contribution < 1.29 is 10.0 Å². The molecule has 0 unspecified atom stereocenters. The number of rotatable bonds is 0. The average Bonchev–Trinajstić information content (AvgIpc) is 1.99. The normalized spacial score (nSPS) is 8.42. The molecule has 0 aliphatic carbocycles. The van der Waals surface area contributed by atoms with Gasteiger partial charge in [0, 0.05) is 10.0 Å². The van der Waals surface area contributed by atoms with Gasteiger partial charge in [-0.25, -0.2) is 0 Å². The van der Waals surface area contributed by atoms with E-state index >= 15 is 0 Å². The van der Waals surface area contributed by atoms with Crippen LogP contribution in [0.15, 0.2) is 18.2 Å². The fourth-order valence-corrected chi connectivity index (χ4v) is 0.976. The van der Waals surface area contributed by atoms with E-state index in [2.05, 4.69) is 0 Å². The molecule has 0 aliphatic rings. The van der Waals surface area contributed by atoms with Crippen molar-refractivity contribution in [1.82, 2.24) is 0 Å². The van der Waals surface area contributed by atoms with Crippen LogP contribution >= 0.6 is 23.2 Å². The fourth-order valence-electron chi connectivity index (χ4n) is 0.567. The predicted octanol–water partition coefficient (Wildman–Crippen LogP) is 1.81. The molecular weight excluding hydrogens is 198 g/mol. The van der Waals surface area contributed by atoms with Gasteiger partial charge in [-0.2, -0.15) is 0 Å². The van der Waals surface area contributed by atoms with Gasteiger partial charge in [0.2, 0.25) is 0 Å². The van der Waals surface area contributed by atoms with Crippen LogP contribution in [0.4, 0.5) is 0 Å². The number of halogens is 2. The van der Waals surface area contributed by atoms with E-state index in [1.165, 1.54) is 0 Å². The molecule has 1 rings (SSSR count). The monoisotopic (exact) mass is 205 g/mol. The van der Waals surface area contributed by atoms with Gasteiger partial charge < -0.3 is 10.0 Å². The summed E-state index contributed by atoms with van der Waals surface area (Å²) in [5.41, 5.74) is 1.06. The lowest BCUT2D eigenvalue weighted by Crippen LogP contribution is -1.75. The van der Waals surface area contributed by atoms with E-state index in [1.807, 2.05) is 19.1 Å². The highest BCUT2D eigenvalue weighted by molar-refractivity contribution is 6.35. The van der Waals surface area contributed by atoms with Gasteiger partial charge in [-0.1, -0.05) is 29.3 Å². The maximum Gasteiger partial charge on any atom is 0.482 e. The number of benzene rings is 1. The average molecular weight is 206 g/mol. The van der Waals surface area contributed by atoms with Gasteiger partial charge in [-0.05, 0) is 24.6 Å². The molecule has 2 nitrogen and oxygen atoms in total. The largest absolute Gasteiger partial charge is 0.482 e. The van der Waals surface area contributed by atoms with Crippen molar-refractivity contribution in [2.45, 2.75) is 6.92 Å². The molecule has 0 saturated heterocycles. The van der Waals surface area contributed by atoms with Crippen LogP contribution in [-0.4, -0.2) is 17.7 Å². The minimum absolute atomic E-state index is 0. The van der Waals surface area contributed by atoms with E-state index in [9.17, 15) is 0 Å². The number of hydrogen-bond acceptors (Lipinski definition) is 2. The molecule has 0 bridgehead atoms. The van der Waals surface area contributed by atoms with Crippen LogP contribution in [0.25, 0.3) is 0 Å². The lowest BCUT2D eigenvalue weighted by atomic mass is 10.2. The predicted molar refractivity (Wildman–Crippen MR) is 51.4 cm³/mol. The Morgan fingerprint density at radius 3 is 2.08 bits per heavy atom. The first-order valence-corrected chi connectivity index (χ1v) is 3.89. The molecule has 0 aromatic heterocycles. The Kier molecular flexibility index (Phi) is 6.20. The molecule has 0 amide bonds. The Morgan fingerprint density at radius 1 is 1.25 bits per heavy atom. The molecule has 1 aromatic carbocycles. The van der Waals surface area contributed by atoms with Gasteiger partial charge in [-0.3, -0.25) is 0 Å². The molecule has 5 heteroatoms. The molecule has 1 aromatic rings. The van der Waals surface area contributed by atoms with Crippen LogP contribution in [0.5, 0.6) is 0 Å². The van der Waals surface area contributed by atoms with Crippen LogP contribution in [0, 0.1) is 6.92 Å². The number of aryl methyl sites for hydroxylation is 1. The summed E-state index contributed by atoms with van der Waals surface area (Å²) < 4.78 is 0. The second-order valence-corrected chi connectivity index (χ2v) is 2.85. The van der Waals surface area contributed by atoms with Crippen molar-refractivity contribution in [3.05, 3.63) is 33.8 Å². The van der Waals surface area contributed by atoms with Crippen molar-refractivity contribution >= 4 is 30.9 Å². The number of hydrogen-bond donors (Lipinski definition) is 2. The molecule has 1 radical (unpaired) electrons. The Morgan fingerprint density at radius 2 is 1.75 bits per heavy atom. The second-order valence-electron chi connectivity index (χ2n) is 2.01. The molecule has 2 N–H and O–H groups in total. The molecule has 0 aliphatic heterocycles. The molecule has 0 fully saturated rings. The Bertz CT molecular complexity index is 243. The lowest BCUT2D eigenvalue weighted by Gasteiger charge is -1.94. The highest BCUT2D eigenvalue weighted by Gasteiger charge is 1.92. The minimum Gasteiger partial charge on any atom is -0.429 e. The van der Waals surface area contributed by atoms with Crippen LogP contribution in [-0.2, 0) is 0 Å². The minimum atomic E-state index is 0. The summed E-state index contributed by atoms with van der Waals surface area (Å²) in [7, 11) is 0. The second kappa shape index (κ2) is 6.32. The van der Waals surface area contributed by atoms with Gasteiger partial charge in [0.1, 0.15) is 0 Å². The first kappa shape index (κ1) is 11.8. The highest BCUT2D eigenvalue weighted by Crippen LogP contribution is 2.19. The third-order valence-corrected chi connectivity index (χ3v) is 1.78. The van der Waals surface area contributed by atoms with E-state index in [0.29, 0.717) is 5.02 Å². The lowest BCUT2D eigenvalue weighted by molar-refractivity contribution is 0.448. The Labute approximate surface area is 82.1 Å². The summed E-state index contributed by atoms with van der Waals surface area (Å²) in [6, 6.07) is 5.45. The summed E-state index contributed by atoms with van der Waals surface area (Å²) >= 11 is 11.4. The Hall–Kier alpha value is -0.215. The van der Waals surface area contributed by atoms with E-state index in [4.69, 9.17) is 33.2 Å². The SMILES string of the molecule is Cc1ccc(Cl)cc1Cl.O[B]O. The van der Waals surface area contributed by atoms with Crippen LogP contribution in [0.3, 0.4) is 0 Å². The first-order chi connectivity index (χ1) is 5.61. The summed E-state index contributed by atoms with van der Waals surface area (Å²) in [5, 5.41) is 15.4. The maximum absolute atomic E-state index is 7.00. The van der Waals surface area contributed by atoms with Crippen molar-refractivity contribution in [3.63, 3.8) is 0 Å². The third-order valence-electron chi connectivity index (χ3n) is 1.13. The fraction of sp³-hybridized carbons (Fsp3) is 0.143. The molecule has 0 spiro atoms. The van der Waals surface area contributed by atoms with Gasteiger partial charge in [0.15, 0.2) is 0 Å². The van der Waals surface area contributed by atoms with Crippen molar-refractivity contribution in [3.8, 4) is 0 Å². The van der Waals surface area contributed by atoms with Crippen LogP contribution in [0.1, 0.15) is 5.56 Å². The summed E-state index contributed by atoms with van der Waals surface area (Å²) in [4.78, 5) is 0. The van der Waals surface area contributed by atoms with Gasteiger partial charge in [0.25, 0.3) is 0 Å². The first-order valence-electron chi connectivity index (χ1n) is 3.13. The van der Waals surface area contributed by atoms with E-state index in [-0.39, 0.29) is 7.69 Å². The standard InChI is InChI=1S/C7H6Cl2.BH2O2/c1-5-2-3-6(8)4-7(5)9;2-1-3/h2-4H,1H3;2-3H. The molecular formula is C7H8BCl2O2. The van der Waals surface area contributed by atoms with Crippen LogP contribution < -0.4 is 0 Å². The van der Waals surface area contributed by atoms with E-state index in [0.717, 1.165) is 10.6 Å². The molecule has 65 valence electrons. The quantitative estimate of drug-likeness (QED) is 0.635. The van der Waals surface area contributed by atoms with Crippen molar-refractivity contribution in [1.29, 1.82) is 0 Å². The topological polar surface area (TPSA) is 40.5 Å². The summed E-state index contributed by atoms with van der Waals surface area (Å²) in [6.07, 6.45) is 0. The molecule has 12 heavy (non-hydrogen) atoms. The van der Waals surface area contributed by atoms with Crippen molar-refractivity contribution in [2.24, 2.45) is 0 Å². The van der Waals surface area contributed by atoms with Gasteiger partial charge >= 0.3 is 7.69 Å². The zero-order valence-electron chi connectivity index (χ0n) is 6.46. The molecule has 0 atom stereocenters. The van der Waals surface area contributed by atoms with E-state index in [1.54, 1.807) is 6.07 Å². The van der Waals surface area contributed by atoms with Crippen LogP contribution in [0.2, 0.25) is 10.0 Å². The van der Waals surface area contributed by atoms with Crippen molar-refractivity contribution in [2.75, 3.05) is 0 Å². The summed E-state index contributed by atoms with van der Waals surface area (Å²) in [6.45, 7) is 1.94.